The van der Waals surface area contributed by atoms with E-state index < -0.39 is 24.2 Å². The van der Waals surface area contributed by atoms with Crippen LogP contribution in [-0.2, 0) is 6.18 Å². The van der Waals surface area contributed by atoms with Crippen LogP contribution in [-0.4, -0.2) is 13.3 Å². The Bertz CT molecular complexity index is 381. The molecular formula is C10H10F6N2. The summed E-state index contributed by atoms with van der Waals surface area (Å²) in [7, 11) is 1.26. The Morgan fingerprint density at radius 1 is 0.944 bits per heavy atom. The van der Waals surface area contributed by atoms with E-state index in [1.54, 1.807) is 0 Å². The number of alkyl halides is 6. The van der Waals surface area contributed by atoms with Crippen LogP contribution in [0.5, 0.6) is 0 Å². The van der Waals surface area contributed by atoms with Crippen molar-refractivity contribution in [3.05, 3.63) is 35.4 Å². The molecule has 1 atom stereocenters. The van der Waals surface area contributed by atoms with Crippen LogP contribution in [0.3, 0.4) is 0 Å². The van der Waals surface area contributed by atoms with Crippen molar-refractivity contribution in [3.63, 3.8) is 0 Å². The molecule has 0 aliphatic heterocycles. The summed E-state index contributed by atoms with van der Waals surface area (Å²) in [5, 5.41) is 3.61. The average Bonchev–Trinajstić information content (AvgIpc) is 2.24. The number of nitrogens with one attached hydrogen (secondary N) is 2. The molecule has 0 spiro atoms. The molecule has 1 aromatic carbocycles. The lowest BCUT2D eigenvalue weighted by atomic mass is 10.1. The van der Waals surface area contributed by atoms with Crippen LogP contribution in [0.4, 0.5) is 26.3 Å². The van der Waals surface area contributed by atoms with Crippen molar-refractivity contribution >= 4 is 0 Å². The maximum Gasteiger partial charge on any atom is 0.458 e. The smallest absolute Gasteiger partial charge is 0.301 e. The van der Waals surface area contributed by atoms with E-state index in [4.69, 9.17) is 0 Å². The number of halogens is 6. The Hall–Kier alpha value is -1.28. The van der Waals surface area contributed by atoms with E-state index in [0.717, 1.165) is 24.3 Å². The first-order chi connectivity index (χ1) is 8.13. The van der Waals surface area contributed by atoms with E-state index in [2.05, 4.69) is 5.32 Å². The van der Waals surface area contributed by atoms with E-state index in [1.807, 2.05) is 0 Å². The summed E-state index contributed by atoms with van der Waals surface area (Å²) in [5.41, 5.74) is -0.851. The van der Waals surface area contributed by atoms with Gasteiger partial charge in [-0.1, -0.05) is 12.1 Å². The zero-order chi connectivity index (χ0) is 14.0. The van der Waals surface area contributed by atoms with Crippen LogP contribution in [0.15, 0.2) is 24.3 Å². The molecule has 0 heterocycles. The average molecular weight is 272 g/mol. The van der Waals surface area contributed by atoms with Crippen molar-refractivity contribution in [2.75, 3.05) is 7.05 Å². The zero-order valence-corrected chi connectivity index (χ0v) is 9.15. The monoisotopic (exact) mass is 272 g/mol. The predicted molar refractivity (Wildman–Crippen MR) is 52.4 cm³/mol. The van der Waals surface area contributed by atoms with Gasteiger partial charge in [-0.25, -0.2) is 5.32 Å². The highest BCUT2D eigenvalue weighted by atomic mass is 19.4. The molecule has 1 aromatic rings. The minimum Gasteiger partial charge on any atom is -0.301 e. The van der Waals surface area contributed by atoms with Gasteiger partial charge in [-0.2, -0.15) is 26.3 Å². The second-order valence-electron chi connectivity index (χ2n) is 3.48. The molecule has 0 bridgehead atoms. The van der Waals surface area contributed by atoms with Crippen molar-refractivity contribution in [1.82, 2.24) is 10.6 Å². The van der Waals surface area contributed by atoms with Gasteiger partial charge in [-0.3, -0.25) is 0 Å². The van der Waals surface area contributed by atoms with Crippen molar-refractivity contribution in [1.29, 1.82) is 0 Å². The van der Waals surface area contributed by atoms with Crippen molar-refractivity contribution in [2.45, 2.75) is 18.6 Å². The number of hydrogen-bond donors (Lipinski definition) is 2. The van der Waals surface area contributed by atoms with Gasteiger partial charge in [0.1, 0.15) is 0 Å². The summed E-state index contributed by atoms with van der Waals surface area (Å²) in [6, 6.07) is 3.45. The van der Waals surface area contributed by atoms with Gasteiger partial charge in [0.05, 0.1) is 11.7 Å². The maximum absolute atomic E-state index is 12.3. The molecule has 1 unspecified atom stereocenters. The molecule has 0 aromatic heterocycles. The van der Waals surface area contributed by atoms with E-state index in [9.17, 15) is 26.3 Å². The lowest BCUT2D eigenvalue weighted by Crippen LogP contribution is -2.41. The first kappa shape index (κ1) is 14.8. The molecule has 2 nitrogen and oxygen atoms in total. The largest absolute Gasteiger partial charge is 0.458 e. The lowest BCUT2D eigenvalue weighted by molar-refractivity contribution is -0.166. The number of benzene rings is 1. The second kappa shape index (κ2) is 5.15. The molecule has 8 heteroatoms. The van der Waals surface area contributed by atoms with Gasteiger partial charge in [0.25, 0.3) is 0 Å². The summed E-state index contributed by atoms with van der Waals surface area (Å²) < 4.78 is 73.1. The summed E-state index contributed by atoms with van der Waals surface area (Å²) in [4.78, 5) is 0. The molecule has 0 saturated heterocycles. The van der Waals surface area contributed by atoms with Gasteiger partial charge in [-0.05, 0) is 24.7 Å². The van der Waals surface area contributed by atoms with Crippen molar-refractivity contribution in [3.8, 4) is 0 Å². The molecule has 102 valence electrons. The van der Waals surface area contributed by atoms with E-state index in [1.165, 1.54) is 12.4 Å². The fourth-order valence-corrected chi connectivity index (χ4v) is 1.35. The molecule has 0 aliphatic rings. The molecule has 0 fully saturated rings. The summed E-state index contributed by atoms with van der Waals surface area (Å²) in [6.45, 7) is 0. The minimum atomic E-state index is -4.63. The Morgan fingerprint density at radius 3 is 1.78 bits per heavy atom. The van der Waals surface area contributed by atoms with Gasteiger partial charge >= 0.3 is 12.5 Å². The van der Waals surface area contributed by atoms with Gasteiger partial charge in [0.15, 0.2) is 0 Å². The highest BCUT2D eigenvalue weighted by molar-refractivity contribution is 5.26. The fourth-order valence-electron chi connectivity index (χ4n) is 1.35. The van der Waals surface area contributed by atoms with Crippen molar-refractivity contribution < 1.29 is 26.3 Å². The Kier molecular flexibility index (Phi) is 4.23. The lowest BCUT2D eigenvalue weighted by Gasteiger charge is -2.20. The summed E-state index contributed by atoms with van der Waals surface area (Å²) >= 11 is 0. The maximum atomic E-state index is 12.3. The van der Waals surface area contributed by atoms with E-state index >= 15 is 0 Å². The number of hydrogen-bond acceptors (Lipinski definition) is 2. The highest BCUT2D eigenvalue weighted by Crippen LogP contribution is 2.30. The topological polar surface area (TPSA) is 24.1 Å². The molecule has 18 heavy (non-hydrogen) atoms. The normalized spacial score (nSPS) is 14.6. The van der Waals surface area contributed by atoms with Crippen LogP contribution in [0.1, 0.15) is 17.3 Å². The van der Waals surface area contributed by atoms with Crippen LogP contribution in [0.2, 0.25) is 0 Å². The van der Waals surface area contributed by atoms with Crippen LogP contribution in [0.25, 0.3) is 0 Å². The van der Waals surface area contributed by atoms with Gasteiger partial charge in [0, 0.05) is 0 Å². The van der Waals surface area contributed by atoms with Crippen LogP contribution < -0.4 is 10.6 Å². The van der Waals surface area contributed by atoms with Crippen LogP contribution >= 0.6 is 0 Å². The van der Waals surface area contributed by atoms with Gasteiger partial charge < -0.3 is 5.32 Å². The summed E-state index contributed by atoms with van der Waals surface area (Å²) in [6.07, 6.45) is -10.4. The van der Waals surface area contributed by atoms with E-state index in [-0.39, 0.29) is 5.56 Å². The first-order valence-electron chi connectivity index (χ1n) is 4.82. The Labute approximate surface area is 99.0 Å². The molecule has 0 aliphatic carbocycles. The molecule has 0 amide bonds. The molecule has 0 saturated carbocycles. The van der Waals surface area contributed by atoms with Gasteiger partial charge in [0.2, 0.25) is 0 Å². The highest BCUT2D eigenvalue weighted by Gasteiger charge is 2.32. The van der Waals surface area contributed by atoms with E-state index in [0.29, 0.717) is 0 Å². The first-order valence-corrected chi connectivity index (χ1v) is 4.82. The Morgan fingerprint density at radius 2 is 1.44 bits per heavy atom. The third-order valence-corrected chi connectivity index (χ3v) is 2.17. The summed E-state index contributed by atoms with van der Waals surface area (Å²) in [5.74, 6) is 0. The second-order valence-corrected chi connectivity index (χ2v) is 3.48. The molecular weight excluding hydrogens is 262 g/mol. The quantitative estimate of drug-likeness (QED) is 0.502. The minimum absolute atomic E-state index is 0.0582. The molecule has 2 N–H and O–H groups in total. The SMILES string of the molecule is CNC(NC(F)(F)F)c1ccc(C(F)(F)F)cc1. The Balaban J connectivity index is 2.89. The van der Waals surface area contributed by atoms with Crippen molar-refractivity contribution in [2.24, 2.45) is 0 Å². The van der Waals surface area contributed by atoms with Gasteiger partial charge in [-0.15, -0.1) is 0 Å². The molecule has 0 radical (unpaired) electrons. The predicted octanol–water partition coefficient (Wildman–Crippen LogP) is 3.03. The fraction of sp³-hybridized carbons (Fsp3) is 0.400. The van der Waals surface area contributed by atoms with Crippen LogP contribution in [0, 0.1) is 0 Å². The molecule has 1 rings (SSSR count). The third kappa shape index (κ3) is 4.19. The zero-order valence-electron chi connectivity index (χ0n) is 9.15. The number of rotatable bonds is 3. The standard InChI is InChI=1S/C10H10F6N2/c1-17-8(18-10(14,15)16)6-2-4-7(5-3-6)9(11,12)13/h2-5,8,17-18H,1H3. The third-order valence-electron chi connectivity index (χ3n) is 2.17.